The smallest absolute Gasteiger partial charge is 0.0619 e. The highest BCUT2D eigenvalue weighted by atomic mass is 14.5. The third-order valence-electron chi connectivity index (χ3n) is 5.92. The minimum atomic E-state index is -0.269. The SMILES string of the molecule is Cc1ccc(C2(c3ccc(C)cc3)c3ccccc3-c3ccccc32)cc1. The van der Waals surface area contributed by atoms with Crippen LogP contribution in [0.4, 0.5) is 0 Å². The predicted octanol–water partition coefficient (Wildman–Crippen LogP) is 6.67. The standard InChI is InChI=1S/C27H22/c1-19-11-15-21(16-12-19)27(22-17-13-20(2)14-18-22)25-9-5-3-7-23(25)24-8-4-6-10-26(24)27/h3-18H,1-2H3. The van der Waals surface area contributed by atoms with E-state index in [0.717, 1.165) is 0 Å². The topological polar surface area (TPSA) is 0 Å². The molecule has 0 radical (unpaired) electrons. The van der Waals surface area contributed by atoms with Gasteiger partial charge >= 0.3 is 0 Å². The summed E-state index contributed by atoms with van der Waals surface area (Å²) in [5.41, 5.74) is 10.4. The second kappa shape index (κ2) is 5.96. The van der Waals surface area contributed by atoms with Crippen molar-refractivity contribution in [1.82, 2.24) is 0 Å². The number of aryl methyl sites for hydroxylation is 2. The molecule has 0 heterocycles. The second-order valence-electron chi connectivity index (χ2n) is 7.57. The van der Waals surface area contributed by atoms with Crippen molar-refractivity contribution in [3.63, 3.8) is 0 Å². The van der Waals surface area contributed by atoms with Gasteiger partial charge < -0.3 is 0 Å². The lowest BCUT2D eigenvalue weighted by atomic mass is 9.67. The molecule has 27 heavy (non-hydrogen) atoms. The first-order valence-corrected chi connectivity index (χ1v) is 9.55. The van der Waals surface area contributed by atoms with Crippen LogP contribution in [-0.4, -0.2) is 0 Å². The molecule has 4 aromatic rings. The van der Waals surface area contributed by atoms with E-state index in [2.05, 4.69) is 111 Å². The number of hydrogen-bond acceptors (Lipinski definition) is 0. The lowest BCUT2D eigenvalue weighted by Gasteiger charge is -2.34. The van der Waals surface area contributed by atoms with Crippen LogP contribution in [0, 0.1) is 13.8 Å². The zero-order valence-corrected chi connectivity index (χ0v) is 15.7. The van der Waals surface area contributed by atoms with Crippen LogP contribution in [0.3, 0.4) is 0 Å². The van der Waals surface area contributed by atoms with E-state index in [1.807, 2.05) is 0 Å². The van der Waals surface area contributed by atoms with Crippen molar-refractivity contribution >= 4 is 0 Å². The second-order valence-corrected chi connectivity index (χ2v) is 7.57. The Morgan fingerprint density at radius 2 is 0.815 bits per heavy atom. The van der Waals surface area contributed by atoms with Crippen molar-refractivity contribution in [3.8, 4) is 11.1 Å². The van der Waals surface area contributed by atoms with Crippen LogP contribution in [0.15, 0.2) is 97.1 Å². The molecule has 0 amide bonds. The molecule has 130 valence electrons. The Morgan fingerprint density at radius 1 is 0.444 bits per heavy atom. The Labute approximate surface area is 161 Å². The number of fused-ring (bicyclic) bond motifs is 3. The highest BCUT2D eigenvalue weighted by Gasteiger charge is 2.45. The van der Waals surface area contributed by atoms with Gasteiger partial charge in [-0.15, -0.1) is 0 Å². The van der Waals surface area contributed by atoms with Gasteiger partial charge in [-0.25, -0.2) is 0 Å². The number of rotatable bonds is 2. The Hall–Kier alpha value is -3.12. The third-order valence-corrected chi connectivity index (χ3v) is 5.92. The molecule has 0 aliphatic heterocycles. The average Bonchev–Trinajstić information content (AvgIpc) is 3.01. The molecule has 0 atom stereocenters. The van der Waals surface area contributed by atoms with Gasteiger partial charge in [0, 0.05) is 0 Å². The summed E-state index contributed by atoms with van der Waals surface area (Å²) in [5.74, 6) is 0. The zero-order chi connectivity index (χ0) is 18.4. The van der Waals surface area contributed by atoms with Gasteiger partial charge in [-0.05, 0) is 47.2 Å². The summed E-state index contributed by atoms with van der Waals surface area (Å²) in [6.45, 7) is 4.30. The first-order valence-electron chi connectivity index (χ1n) is 9.55. The fraction of sp³-hybridized carbons (Fsp3) is 0.111. The van der Waals surface area contributed by atoms with E-state index in [-0.39, 0.29) is 5.41 Å². The molecule has 0 nitrogen and oxygen atoms in total. The van der Waals surface area contributed by atoms with E-state index in [4.69, 9.17) is 0 Å². The maximum Gasteiger partial charge on any atom is 0.0713 e. The molecule has 0 heteroatoms. The molecule has 0 unspecified atom stereocenters. The van der Waals surface area contributed by atoms with Crippen LogP contribution in [0.25, 0.3) is 11.1 Å². The van der Waals surface area contributed by atoms with Gasteiger partial charge in [0.05, 0.1) is 5.41 Å². The molecule has 0 N–H and O–H groups in total. The van der Waals surface area contributed by atoms with Crippen molar-refractivity contribution in [2.24, 2.45) is 0 Å². The summed E-state index contributed by atoms with van der Waals surface area (Å²) < 4.78 is 0. The molecule has 0 saturated carbocycles. The zero-order valence-electron chi connectivity index (χ0n) is 15.7. The summed E-state index contributed by atoms with van der Waals surface area (Å²) in [5, 5.41) is 0. The van der Waals surface area contributed by atoms with Gasteiger partial charge in [0.1, 0.15) is 0 Å². The summed E-state index contributed by atoms with van der Waals surface area (Å²) in [7, 11) is 0. The van der Waals surface area contributed by atoms with Crippen LogP contribution >= 0.6 is 0 Å². The van der Waals surface area contributed by atoms with E-state index in [1.54, 1.807) is 0 Å². The Balaban J connectivity index is 1.94. The van der Waals surface area contributed by atoms with Gasteiger partial charge in [-0.2, -0.15) is 0 Å². The van der Waals surface area contributed by atoms with Crippen molar-refractivity contribution in [2.75, 3.05) is 0 Å². The number of benzene rings is 4. The molecular formula is C27H22. The molecule has 0 aromatic heterocycles. The Morgan fingerprint density at radius 3 is 1.22 bits per heavy atom. The highest BCUT2D eigenvalue weighted by molar-refractivity contribution is 5.86. The quantitative estimate of drug-likeness (QED) is 0.335. The van der Waals surface area contributed by atoms with Crippen molar-refractivity contribution in [3.05, 3.63) is 130 Å². The summed E-state index contributed by atoms with van der Waals surface area (Å²) in [4.78, 5) is 0. The average molecular weight is 346 g/mol. The largest absolute Gasteiger partial charge is 0.0713 e. The molecule has 1 aliphatic carbocycles. The summed E-state index contributed by atoms with van der Waals surface area (Å²) >= 11 is 0. The fourth-order valence-electron chi connectivity index (χ4n) is 4.63. The van der Waals surface area contributed by atoms with Gasteiger partial charge in [0.15, 0.2) is 0 Å². The van der Waals surface area contributed by atoms with Gasteiger partial charge in [0.25, 0.3) is 0 Å². The first-order chi connectivity index (χ1) is 13.2. The van der Waals surface area contributed by atoms with E-state index in [1.165, 1.54) is 44.5 Å². The van der Waals surface area contributed by atoms with Gasteiger partial charge in [0.2, 0.25) is 0 Å². The van der Waals surface area contributed by atoms with Crippen LogP contribution < -0.4 is 0 Å². The molecule has 0 spiro atoms. The predicted molar refractivity (Wildman–Crippen MR) is 113 cm³/mol. The molecule has 0 saturated heterocycles. The van der Waals surface area contributed by atoms with Crippen LogP contribution in [-0.2, 0) is 5.41 Å². The molecular weight excluding hydrogens is 324 g/mol. The Bertz CT molecular complexity index is 1020. The van der Waals surface area contributed by atoms with Crippen molar-refractivity contribution in [2.45, 2.75) is 19.3 Å². The molecule has 0 bridgehead atoms. The fourth-order valence-corrected chi connectivity index (χ4v) is 4.63. The number of hydrogen-bond donors (Lipinski definition) is 0. The maximum atomic E-state index is 2.30. The van der Waals surface area contributed by atoms with Gasteiger partial charge in [-0.1, -0.05) is 108 Å². The summed E-state index contributed by atoms with van der Waals surface area (Å²) in [6.07, 6.45) is 0. The normalized spacial score (nSPS) is 13.9. The Kier molecular flexibility index (Phi) is 3.55. The molecule has 5 rings (SSSR count). The maximum absolute atomic E-state index is 2.30. The van der Waals surface area contributed by atoms with Crippen molar-refractivity contribution in [1.29, 1.82) is 0 Å². The molecule has 1 aliphatic rings. The highest BCUT2D eigenvalue weighted by Crippen LogP contribution is 2.55. The van der Waals surface area contributed by atoms with Crippen LogP contribution in [0.2, 0.25) is 0 Å². The molecule has 4 aromatic carbocycles. The molecule has 0 fully saturated rings. The van der Waals surface area contributed by atoms with E-state index >= 15 is 0 Å². The van der Waals surface area contributed by atoms with E-state index < -0.39 is 0 Å². The lowest BCUT2D eigenvalue weighted by Crippen LogP contribution is -2.28. The lowest BCUT2D eigenvalue weighted by molar-refractivity contribution is 0.767. The minimum Gasteiger partial charge on any atom is -0.0619 e. The monoisotopic (exact) mass is 346 g/mol. The van der Waals surface area contributed by atoms with Gasteiger partial charge in [-0.3, -0.25) is 0 Å². The van der Waals surface area contributed by atoms with Crippen LogP contribution in [0.5, 0.6) is 0 Å². The minimum absolute atomic E-state index is 0.269. The first kappa shape index (κ1) is 16.1. The third kappa shape index (κ3) is 2.23. The summed E-state index contributed by atoms with van der Waals surface area (Å²) in [6, 6.07) is 35.9. The van der Waals surface area contributed by atoms with Crippen LogP contribution in [0.1, 0.15) is 33.4 Å². The van der Waals surface area contributed by atoms with E-state index in [0.29, 0.717) is 0 Å². The van der Waals surface area contributed by atoms with E-state index in [9.17, 15) is 0 Å². The van der Waals surface area contributed by atoms with Crippen molar-refractivity contribution < 1.29 is 0 Å².